The Balaban J connectivity index is 2.52. The van der Waals surface area contributed by atoms with E-state index in [9.17, 15) is 8.78 Å². The van der Waals surface area contributed by atoms with Crippen LogP contribution in [-0.2, 0) is 6.54 Å². The Kier molecular flexibility index (Phi) is 3.94. The van der Waals surface area contributed by atoms with Crippen molar-refractivity contribution in [2.45, 2.75) is 6.54 Å². The first-order valence-electron chi connectivity index (χ1n) is 5.49. The molecule has 0 aliphatic heterocycles. The highest BCUT2D eigenvalue weighted by Gasteiger charge is 2.08. The van der Waals surface area contributed by atoms with E-state index in [1.54, 1.807) is 13.1 Å². The van der Waals surface area contributed by atoms with Crippen molar-refractivity contribution < 1.29 is 8.78 Å². The van der Waals surface area contributed by atoms with Gasteiger partial charge in [-0.05, 0) is 54.6 Å². The van der Waals surface area contributed by atoms with Crippen LogP contribution in [0.15, 0.2) is 36.4 Å². The molecule has 0 heterocycles. The Morgan fingerprint density at radius 1 is 1.06 bits per heavy atom. The van der Waals surface area contributed by atoms with Gasteiger partial charge in [0.05, 0.1) is 0 Å². The van der Waals surface area contributed by atoms with Crippen molar-refractivity contribution in [1.82, 2.24) is 5.32 Å². The predicted molar refractivity (Wildman–Crippen MR) is 69.6 cm³/mol. The highest BCUT2D eigenvalue weighted by molar-refractivity contribution is 6.33. The Hall–Kier alpha value is -1.45. The van der Waals surface area contributed by atoms with Gasteiger partial charge in [0.15, 0.2) is 0 Å². The van der Waals surface area contributed by atoms with Crippen LogP contribution in [0.2, 0.25) is 5.02 Å². The molecule has 0 aliphatic carbocycles. The molecule has 0 saturated carbocycles. The van der Waals surface area contributed by atoms with Gasteiger partial charge in [-0.1, -0.05) is 11.6 Å². The molecule has 18 heavy (non-hydrogen) atoms. The molecule has 94 valence electrons. The van der Waals surface area contributed by atoms with Crippen molar-refractivity contribution in [2.75, 3.05) is 7.05 Å². The van der Waals surface area contributed by atoms with E-state index in [0.29, 0.717) is 22.7 Å². The topological polar surface area (TPSA) is 12.0 Å². The van der Waals surface area contributed by atoms with Gasteiger partial charge < -0.3 is 5.32 Å². The smallest absolute Gasteiger partial charge is 0.124 e. The Labute approximate surface area is 109 Å². The van der Waals surface area contributed by atoms with E-state index in [-0.39, 0.29) is 5.82 Å². The van der Waals surface area contributed by atoms with Gasteiger partial charge in [-0.3, -0.25) is 0 Å². The van der Waals surface area contributed by atoms with Gasteiger partial charge >= 0.3 is 0 Å². The van der Waals surface area contributed by atoms with Gasteiger partial charge in [-0.25, -0.2) is 8.78 Å². The van der Waals surface area contributed by atoms with Crippen LogP contribution in [0.3, 0.4) is 0 Å². The summed E-state index contributed by atoms with van der Waals surface area (Å²) in [6, 6.07) is 8.63. The molecule has 0 atom stereocenters. The van der Waals surface area contributed by atoms with Gasteiger partial charge in [0.25, 0.3) is 0 Å². The quantitative estimate of drug-likeness (QED) is 0.886. The summed E-state index contributed by atoms with van der Waals surface area (Å²) < 4.78 is 26.7. The Morgan fingerprint density at radius 2 is 1.83 bits per heavy atom. The number of rotatable bonds is 3. The van der Waals surface area contributed by atoms with Crippen molar-refractivity contribution in [2.24, 2.45) is 0 Å². The molecule has 0 bridgehead atoms. The van der Waals surface area contributed by atoms with Crippen molar-refractivity contribution in [3.63, 3.8) is 0 Å². The second-order valence-electron chi connectivity index (χ2n) is 4.00. The normalized spacial score (nSPS) is 10.7. The van der Waals surface area contributed by atoms with Crippen LogP contribution in [0.4, 0.5) is 8.78 Å². The Morgan fingerprint density at radius 3 is 2.56 bits per heavy atom. The lowest BCUT2D eigenvalue weighted by molar-refractivity contribution is 0.623. The number of hydrogen-bond acceptors (Lipinski definition) is 1. The zero-order valence-electron chi connectivity index (χ0n) is 9.81. The maximum absolute atomic E-state index is 13.5. The molecule has 0 spiro atoms. The molecule has 0 fully saturated rings. The van der Waals surface area contributed by atoms with Crippen LogP contribution in [0.1, 0.15) is 5.56 Å². The van der Waals surface area contributed by atoms with Crippen LogP contribution in [0.5, 0.6) is 0 Å². The summed E-state index contributed by atoms with van der Waals surface area (Å²) in [4.78, 5) is 0. The minimum Gasteiger partial charge on any atom is -0.316 e. The van der Waals surface area contributed by atoms with Crippen LogP contribution in [0, 0.1) is 11.6 Å². The second-order valence-corrected chi connectivity index (χ2v) is 4.41. The fourth-order valence-electron chi connectivity index (χ4n) is 1.83. The first-order chi connectivity index (χ1) is 8.60. The molecule has 0 radical (unpaired) electrons. The first kappa shape index (κ1) is 13.0. The van der Waals surface area contributed by atoms with E-state index in [1.165, 1.54) is 30.3 Å². The molecule has 0 aromatic heterocycles. The molecule has 0 saturated heterocycles. The number of nitrogens with one attached hydrogen (secondary N) is 1. The molecule has 2 aromatic carbocycles. The van der Waals surface area contributed by atoms with Gasteiger partial charge in [0.1, 0.15) is 11.6 Å². The molecule has 2 rings (SSSR count). The molecular formula is C14H12ClF2N. The summed E-state index contributed by atoms with van der Waals surface area (Å²) in [7, 11) is 1.78. The number of halogens is 3. The van der Waals surface area contributed by atoms with E-state index in [4.69, 9.17) is 11.6 Å². The first-order valence-corrected chi connectivity index (χ1v) is 5.87. The predicted octanol–water partition coefficient (Wildman–Crippen LogP) is 4.00. The van der Waals surface area contributed by atoms with Gasteiger partial charge in [-0.15, -0.1) is 0 Å². The standard InChI is InChI=1S/C14H12ClF2N/c1-18-8-9-4-10(6-12(17)5-9)13-7-11(16)2-3-14(13)15/h2-7,18H,8H2,1H3. The van der Waals surface area contributed by atoms with Crippen molar-refractivity contribution in [3.05, 3.63) is 58.6 Å². The summed E-state index contributed by atoms with van der Waals surface area (Å²) in [5.74, 6) is -0.757. The molecule has 0 amide bonds. The minimum atomic E-state index is -0.395. The summed E-state index contributed by atoms with van der Waals surface area (Å²) >= 11 is 6.01. The summed E-state index contributed by atoms with van der Waals surface area (Å²) in [5, 5.41) is 3.34. The fraction of sp³-hybridized carbons (Fsp3) is 0.143. The van der Waals surface area contributed by atoms with Crippen molar-refractivity contribution >= 4 is 11.6 Å². The van der Waals surface area contributed by atoms with Crippen molar-refractivity contribution in [1.29, 1.82) is 0 Å². The Bertz CT molecular complexity index is 570. The molecule has 1 N–H and O–H groups in total. The zero-order valence-corrected chi connectivity index (χ0v) is 10.6. The maximum Gasteiger partial charge on any atom is 0.124 e. The third-order valence-electron chi connectivity index (χ3n) is 2.58. The molecule has 2 aromatic rings. The average molecular weight is 268 g/mol. The SMILES string of the molecule is CNCc1cc(F)cc(-c2cc(F)ccc2Cl)c1. The van der Waals surface area contributed by atoms with Crippen LogP contribution >= 0.6 is 11.6 Å². The van der Waals surface area contributed by atoms with E-state index in [0.717, 1.165) is 5.56 Å². The average Bonchev–Trinajstić information content (AvgIpc) is 2.32. The lowest BCUT2D eigenvalue weighted by atomic mass is 10.0. The molecule has 4 heteroatoms. The van der Waals surface area contributed by atoms with Crippen LogP contribution in [-0.4, -0.2) is 7.05 Å². The number of benzene rings is 2. The molecule has 0 aliphatic rings. The van der Waals surface area contributed by atoms with Crippen LogP contribution < -0.4 is 5.32 Å². The minimum absolute atomic E-state index is 0.363. The van der Waals surface area contributed by atoms with E-state index < -0.39 is 5.82 Å². The second kappa shape index (κ2) is 5.46. The lowest BCUT2D eigenvalue weighted by Gasteiger charge is -2.08. The fourth-order valence-corrected chi connectivity index (χ4v) is 2.06. The molecule has 0 unspecified atom stereocenters. The monoisotopic (exact) mass is 267 g/mol. The van der Waals surface area contributed by atoms with E-state index in [1.807, 2.05) is 0 Å². The van der Waals surface area contributed by atoms with E-state index in [2.05, 4.69) is 5.32 Å². The lowest BCUT2D eigenvalue weighted by Crippen LogP contribution is -2.05. The summed E-state index contributed by atoms with van der Waals surface area (Å²) in [6.45, 7) is 0.539. The molecule has 1 nitrogen and oxygen atoms in total. The van der Waals surface area contributed by atoms with E-state index >= 15 is 0 Å². The molecular weight excluding hydrogens is 256 g/mol. The van der Waals surface area contributed by atoms with Gasteiger partial charge in [-0.2, -0.15) is 0 Å². The van der Waals surface area contributed by atoms with Crippen LogP contribution in [0.25, 0.3) is 11.1 Å². The highest BCUT2D eigenvalue weighted by atomic mass is 35.5. The highest BCUT2D eigenvalue weighted by Crippen LogP contribution is 2.29. The van der Waals surface area contributed by atoms with Gasteiger partial charge in [0.2, 0.25) is 0 Å². The third-order valence-corrected chi connectivity index (χ3v) is 2.91. The number of hydrogen-bond donors (Lipinski definition) is 1. The van der Waals surface area contributed by atoms with Gasteiger partial charge in [0, 0.05) is 17.1 Å². The zero-order chi connectivity index (χ0) is 13.1. The van der Waals surface area contributed by atoms with Crippen molar-refractivity contribution in [3.8, 4) is 11.1 Å². The summed E-state index contributed by atoms with van der Waals surface area (Å²) in [6.07, 6.45) is 0. The maximum atomic E-state index is 13.5. The largest absolute Gasteiger partial charge is 0.316 e. The third kappa shape index (κ3) is 2.86. The summed E-state index contributed by atoms with van der Waals surface area (Å²) in [5.41, 5.74) is 1.85.